The summed E-state index contributed by atoms with van der Waals surface area (Å²) in [5, 5.41) is 9.35. The monoisotopic (exact) mass is 378 g/mol. The van der Waals surface area contributed by atoms with Gasteiger partial charge in [0.15, 0.2) is 5.16 Å². The highest BCUT2D eigenvalue weighted by atomic mass is 32.2. The van der Waals surface area contributed by atoms with E-state index in [1.54, 1.807) is 4.90 Å². The Balaban J connectivity index is 1.79. The van der Waals surface area contributed by atoms with Crippen molar-refractivity contribution in [3.8, 4) is 6.07 Å². The Morgan fingerprint density at radius 1 is 1.22 bits per heavy atom. The maximum atomic E-state index is 13.1. The van der Waals surface area contributed by atoms with Crippen LogP contribution in [0, 0.1) is 25.2 Å². The van der Waals surface area contributed by atoms with E-state index in [1.165, 1.54) is 11.8 Å². The van der Waals surface area contributed by atoms with Crippen molar-refractivity contribution >= 4 is 34.4 Å². The summed E-state index contributed by atoms with van der Waals surface area (Å²) >= 11 is 1.40. The SMILES string of the molecule is Cc1ccc(N(CCC#N)C(=O)C(C)Sc2nc3ccc(C)cc3[nH]2)cc1. The van der Waals surface area contributed by atoms with Crippen molar-refractivity contribution in [2.45, 2.75) is 37.6 Å². The third-order valence-corrected chi connectivity index (χ3v) is 5.28. The molecule has 138 valence electrons. The summed E-state index contributed by atoms with van der Waals surface area (Å²) < 4.78 is 0. The molecule has 1 heterocycles. The van der Waals surface area contributed by atoms with Crippen molar-refractivity contribution in [3.63, 3.8) is 0 Å². The number of hydrogen-bond donors (Lipinski definition) is 1. The third-order valence-electron chi connectivity index (χ3n) is 4.31. The van der Waals surface area contributed by atoms with E-state index in [1.807, 2.05) is 63.2 Å². The van der Waals surface area contributed by atoms with Crippen molar-refractivity contribution in [2.75, 3.05) is 11.4 Å². The van der Waals surface area contributed by atoms with Crippen molar-refractivity contribution in [2.24, 2.45) is 0 Å². The molecule has 0 aliphatic rings. The van der Waals surface area contributed by atoms with Gasteiger partial charge in [-0.1, -0.05) is 35.5 Å². The molecule has 0 aliphatic carbocycles. The Labute approximate surface area is 163 Å². The molecular weight excluding hydrogens is 356 g/mol. The standard InChI is InChI=1S/C21H22N4OS/c1-14-5-8-17(9-6-14)25(12-4-11-22)20(26)16(3)27-21-23-18-10-7-15(2)13-19(18)24-21/h5-10,13,16H,4,12H2,1-3H3,(H,23,24). The average Bonchev–Trinajstić information content (AvgIpc) is 3.04. The number of aromatic nitrogens is 2. The first-order chi connectivity index (χ1) is 13.0. The smallest absolute Gasteiger partial charge is 0.240 e. The molecule has 1 unspecified atom stereocenters. The van der Waals surface area contributed by atoms with Crippen molar-refractivity contribution in [3.05, 3.63) is 53.6 Å². The van der Waals surface area contributed by atoms with Gasteiger partial charge in [-0.15, -0.1) is 0 Å². The molecule has 3 rings (SSSR count). The fourth-order valence-corrected chi connectivity index (χ4v) is 3.73. The maximum Gasteiger partial charge on any atom is 0.240 e. The third kappa shape index (κ3) is 4.50. The zero-order valence-electron chi connectivity index (χ0n) is 15.7. The lowest BCUT2D eigenvalue weighted by Crippen LogP contribution is -2.37. The van der Waals surface area contributed by atoms with E-state index in [2.05, 4.69) is 16.0 Å². The topological polar surface area (TPSA) is 72.8 Å². The van der Waals surface area contributed by atoms with Gasteiger partial charge < -0.3 is 9.88 Å². The number of aromatic amines is 1. The molecule has 0 bridgehead atoms. The predicted octanol–water partition coefficient (Wildman–Crippen LogP) is 4.61. The zero-order valence-corrected chi connectivity index (χ0v) is 16.5. The van der Waals surface area contributed by atoms with Crippen LogP contribution < -0.4 is 4.90 Å². The molecule has 3 aromatic rings. The molecule has 0 aliphatic heterocycles. The van der Waals surface area contributed by atoms with Crippen LogP contribution in [-0.2, 0) is 4.79 Å². The summed E-state index contributed by atoms with van der Waals surface area (Å²) in [5.74, 6) is -0.0317. The lowest BCUT2D eigenvalue weighted by atomic mass is 10.2. The molecular formula is C21H22N4OS. The van der Waals surface area contributed by atoms with Crippen LogP contribution in [-0.4, -0.2) is 27.7 Å². The van der Waals surface area contributed by atoms with Crippen LogP contribution >= 0.6 is 11.8 Å². The molecule has 1 aromatic heterocycles. The van der Waals surface area contributed by atoms with Crippen LogP contribution in [0.3, 0.4) is 0 Å². The Morgan fingerprint density at radius 2 is 1.93 bits per heavy atom. The number of carbonyl (C=O) groups excluding carboxylic acids is 1. The molecule has 5 nitrogen and oxygen atoms in total. The molecule has 1 atom stereocenters. The van der Waals surface area contributed by atoms with Gasteiger partial charge in [0.05, 0.1) is 28.8 Å². The summed E-state index contributed by atoms with van der Waals surface area (Å²) in [7, 11) is 0. The van der Waals surface area contributed by atoms with Crippen molar-refractivity contribution in [1.82, 2.24) is 9.97 Å². The van der Waals surface area contributed by atoms with Crippen LogP contribution in [0.5, 0.6) is 0 Å². The summed E-state index contributed by atoms with van der Waals surface area (Å²) in [6.07, 6.45) is 0.293. The fourth-order valence-electron chi connectivity index (χ4n) is 2.85. The fraction of sp³-hybridized carbons (Fsp3) is 0.286. The summed E-state index contributed by atoms with van der Waals surface area (Å²) in [6, 6.07) is 16.0. The number of fused-ring (bicyclic) bond motifs is 1. The molecule has 0 saturated carbocycles. The highest BCUT2D eigenvalue weighted by molar-refractivity contribution is 8.00. The number of benzene rings is 2. The van der Waals surface area contributed by atoms with Crippen LogP contribution in [0.4, 0.5) is 5.69 Å². The molecule has 0 fully saturated rings. The number of rotatable bonds is 6. The van der Waals surface area contributed by atoms with E-state index >= 15 is 0 Å². The van der Waals surface area contributed by atoms with Crippen molar-refractivity contribution in [1.29, 1.82) is 5.26 Å². The van der Waals surface area contributed by atoms with E-state index in [9.17, 15) is 4.79 Å². The number of carbonyl (C=O) groups is 1. The van der Waals surface area contributed by atoms with Gasteiger partial charge in [-0.25, -0.2) is 4.98 Å². The van der Waals surface area contributed by atoms with Crippen LogP contribution in [0.15, 0.2) is 47.6 Å². The predicted molar refractivity (Wildman–Crippen MR) is 110 cm³/mol. The van der Waals surface area contributed by atoms with Crippen LogP contribution in [0.2, 0.25) is 0 Å². The van der Waals surface area contributed by atoms with Gasteiger partial charge in [0.1, 0.15) is 0 Å². The van der Waals surface area contributed by atoms with Gasteiger partial charge >= 0.3 is 0 Å². The van der Waals surface area contributed by atoms with Gasteiger partial charge in [0, 0.05) is 12.2 Å². The molecule has 1 amide bonds. The molecule has 27 heavy (non-hydrogen) atoms. The second kappa shape index (κ2) is 8.28. The van der Waals surface area contributed by atoms with Crippen LogP contribution in [0.25, 0.3) is 11.0 Å². The minimum atomic E-state index is -0.327. The average molecular weight is 379 g/mol. The van der Waals surface area contributed by atoms with Crippen molar-refractivity contribution < 1.29 is 4.79 Å². The number of imidazole rings is 1. The molecule has 1 N–H and O–H groups in total. The number of nitrogens with one attached hydrogen (secondary N) is 1. The Hall–Kier alpha value is -2.78. The molecule has 0 radical (unpaired) electrons. The van der Waals surface area contributed by atoms with E-state index in [-0.39, 0.29) is 11.2 Å². The summed E-state index contributed by atoms with van der Waals surface area (Å²) in [5.41, 5.74) is 4.97. The number of H-pyrrole nitrogens is 1. The highest BCUT2D eigenvalue weighted by Gasteiger charge is 2.24. The number of nitriles is 1. The first-order valence-corrected chi connectivity index (χ1v) is 9.74. The first-order valence-electron chi connectivity index (χ1n) is 8.86. The maximum absolute atomic E-state index is 13.1. The van der Waals surface area contributed by atoms with Gasteiger partial charge in [-0.05, 0) is 50.6 Å². The number of aryl methyl sites for hydroxylation is 2. The number of amides is 1. The van der Waals surface area contributed by atoms with E-state index < -0.39 is 0 Å². The molecule has 2 aromatic carbocycles. The van der Waals surface area contributed by atoms with Crippen LogP contribution in [0.1, 0.15) is 24.5 Å². The Morgan fingerprint density at radius 3 is 2.63 bits per heavy atom. The zero-order chi connectivity index (χ0) is 19.4. The minimum Gasteiger partial charge on any atom is -0.333 e. The first kappa shape index (κ1) is 19.0. The number of hydrogen-bond acceptors (Lipinski definition) is 4. The van der Waals surface area contributed by atoms with Gasteiger partial charge in [0.25, 0.3) is 0 Å². The number of nitrogens with zero attached hydrogens (tertiary/aromatic N) is 3. The second-order valence-corrected chi connectivity index (χ2v) is 7.89. The largest absolute Gasteiger partial charge is 0.333 e. The Kier molecular flexibility index (Phi) is 5.82. The summed E-state index contributed by atoms with van der Waals surface area (Å²) in [6.45, 7) is 6.29. The van der Waals surface area contributed by atoms with Gasteiger partial charge in [-0.2, -0.15) is 5.26 Å². The lowest BCUT2D eigenvalue weighted by molar-refractivity contribution is -0.117. The van der Waals surface area contributed by atoms with Gasteiger partial charge in [0.2, 0.25) is 5.91 Å². The minimum absolute atomic E-state index is 0.0317. The second-order valence-electron chi connectivity index (χ2n) is 6.56. The number of thioether (sulfide) groups is 1. The van der Waals surface area contributed by atoms with Gasteiger partial charge in [-0.3, -0.25) is 4.79 Å². The lowest BCUT2D eigenvalue weighted by Gasteiger charge is -2.24. The van der Waals surface area contributed by atoms with E-state index in [0.717, 1.165) is 33.0 Å². The highest BCUT2D eigenvalue weighted by Crippen LogP contribution is 2.27. The van der Waals surface area contributed by atoms with E-state index in [0.29, 0.717) is 13.0 Å². The van der Waals surface area contributed by atoms with E-state index in [4.69, 9.17) is 5.26 Å². The molecule has 6 heteroatoms. The molecule has 0 spiro atoms. The normalized spacial score (nSPS) is 11.9. The molecule has 0 saturated heterocycles. The Bertz CT molecular complexity index is 988. The quantitative estimate of drug-likeness (QED) is 0.636. The summed E-state index contributed by atoms with van der Waals surface area (Å²) in [4.78, 5) is 22.6. The number of anilines is 1.